The van der Waals surface area contributed by atoms with Crippen LogP contribution in [0.15, 0.2) is 18.2 Å². The maximum atomic E-state index is 12.4. The van der Waals surface area contributed by atoms with Crippen molar-refractivity contribution in [3.63, 3.8) is 0 Å². The summed E-state index contributed by atoms with van der Waals surface area (Å²) in [6, 6.07) is 5.38. The molecule has 1 aromatic carbocycles. The Kier molecular flexibility index (Phi) is 6.25. The van der Waals surface area contributed by atoms with Crippen molar-refractivity contribution in [3.05, 3.63) is 23.8 Å². The highest BCUT2D eigenvalue weighted by Gasteiger charge is 2.43. The first-order valence-corrected chi connectivity index (χ1v) is 8.32. The normalized spacial score (nSPS) is 19.6. The molecule has 0 bridgehead atoms. The first-order valence-electron chi connectivity index (χ1n) is 8.32. The average Bonchev–Trinajstić information content (AvgIpc) is 3.04. The fourth-order valence-corrected chi connectivity index (χ4v) is 3.39. The molecule has 0 spiro atoms. The van der Waals surface area contributed by atoms with Crippen LogP contribution in [0, 0.1) is 0 Å². The molecular weight excluding hydrogens is 324 g/mol. The van der Waals surface area contributed by atoms with E-state index in [1.54, 1.807) is 31.3 Å². The van der Waals surface area contributed by atoms with E-state index in [2.05, 4.69) is 5.32 Å². The number of hydrogen-bond acceptors (Lipinski definition) is 5. The van der Waals surface area contributed by atoms with Gasteiger partial charge in [-0.1, -0.05) is 0 Å². The summed E-state index contributed by atoms with van der Waals surface area (Å²) in [6.07, 6.45) is 1.50. The molecule has 0 aliphatic carbocycles. The monoisotopic (exact) mass is 350 g/mol. The van der Waals surface area contributed by atoms with Crippen LogP contribution in [0.4, 0.5) is 0 Å². The second kappa shape index (κ2) is 8.20. The standard InChI is InChI=1S/C18H26N2O5/c1-13(22)20-8-4-7-18(20,12-21)10-17(23)19-11-14-5-6-15(24-2)9-16(14)25-3/h5-6,9,21H,4,7-8,10-12H2,1-3H3,(H,19,23)/t18-/m0/s1. The van der Waals surface area contributed by atoms with Crippen LogP contribution in [-0.2, 0) is 16.1 Å². The number of rotatable bonds is 7. The Hall–Kier alpha value is -2.28. The van der Waals surface area contributed by atoms with E-state index in [9.17, 15) is 14.7 Å². The molecule has 7 nitrogen and oxygen atoms in total. The zero-order valence-electron chi connectivity index (χ0n) is 15.0. The molecule has 0 radical (unpaired) electrons. The molecule has 1 aromatic rings. The second-order valence-electron chi connectivity index (χ2n) is 6.29. The summed E-state index contributed by atoms with van der Waals surface area (Å²) in [7, 11) is 3.14. The predicted molar refractivity (Wildman–Crippen MR) is 92.4 cm³/mol. The molecule has 1 atom stereocenters. The number of aliphatic hydroxyl groups excluding tert-OH is 1. The van der Waals surface area contributed by atoms with Crippen molar-refractivity contribution in [1.29, 1.82) is 0 Å². The van der Waals surface area contributed by atoms with Crippen molar-refractivity contribution in [2.75, 3.05) is 27.4 Å². The van der Waals surface area contributed by atoms with Gasteiger partial charge in [0.25, 0.3) is 0 Å². The van der Waals surface area contributed by atoms with Crippen molar-refractivity contribution >= 4 is 11.8 Å². The van der Waals surface area contributed by atoms with E-state index in [4.69, 9.17) is 9.47 Å². The van der Waals surface area contributed by atoms with Crippen molar-refractivity contribution in [3.8, 4) is 11.5 Å². The average molecular weight is 350 g/mol. The quantitative estimate of drug-likeness (QED) is 0.768. The third-order valence-corrected chi connectivity index (χ3v) is 4.73. The van der Waals surface area contributed by atoms with E-state index in [0.717, 1.165) is 12.0 Å². The molecule has 1 heterocycles. The van der Waals surface area contributed by atoms with E-state index >= 15 is 0 Å². The first-order chi connectivity index (χ1) is 12.0. The number of nitrogens with one attached hydrogen (secondary N) is 1. The van der Waals surface area contributed by atoms with Gasteiger partial charge >= 0.3 is 0 Å². The fraction of sp³-hybridized carbons (Fsp3) is 0.556. The minimum absolute atomic E-state index is 0.0849. The molecule has 0 aromatic heterocycles. The minimum atomic E-state index is -0.792. The van der Waals surface area contributed by atoms with Crippen LogP contribution in [0.25, 0.3) is 0 Å². The molecule has 2 amide bonds. The summed E-state index contributed by atoms with van der Waals surface area (Å²) < 4.78 is 10.5. The van der Waals surface area contributed by atoms with Crippen LogP contribution in [0.5, 0.6) is 11.5 Å². The number of carbonyl (C=O) groups is 2. The third kappa shape index (κ3) is 4.22. The molecule has 0 saturated carbocycles. The van der Waals surface area contributed by atoms with Gasteiger partial charge < -0.3 is 24.8 Å². The summed E-state index contributed by atoms with van der Waals surface area (Å²) in [5.41, 5.74) is 0.0319. The number of nitrogens with zero attached hydrogens (tertiary/aromatic N) is 1. The number of hydrogen-bond donors (Lipinski definition) is 2. The summed E-state index contributed by atoms with van der Waals surface area (Å²) in [4.78, 5) is 25.8. The van der Waals surface area contributed by atoms with Crippen LogP contribution in [0.3, 0.4) is 0 Å². The van der Waals surface area contributed by atoms with Gasteiger partial charge in [0.05, 0.1) is 32.8 Å². The van der Waals surface area contributed by atoms with Crippen LogP contribution in [-0.4, -0.2) is 54.7 Å². The maximum absolute atomic E-state index is 12.4. The Labute approximate surface area is 147 Å². The van der Waals surface area contributed by atoms with Crippen molar-refractivity contribution in [2.45, 2.75) is 38.3 Å². The van der Waals surface area contributed by atoms with Gasteiger partial charge in [0.2, 0.25) is 11.8 Å². The van der Waals surface area contributed by atoms with Crippen LogP contribution in [0.2, 0.25) is 0 Å². The maximum Gasteiger partial charge on any atom is 0.222 e. The molecule has 2 N–H and O–H groups in total. The Morgan fingerprint density at radius 2 is 2.08 bits per heavy atom. The van der Waals surface area contributed by atoms with Crippen LogP contribution >= 0.6 is 0 Å². The molecule has 1 fully saturated rings. The van der Waals surface area contributed by atoms with Gasteiger partial charge in [0.1, 0.15) is 11.5 Å². The molecule has 2 rings (SSSR count). The van der Waals surface area contributed by atoms with Gasteiger partial charge in [0.15, 0.2) is 0 Å². The lowest BCUT2D eigenvalue weighted by atomic mass is 9.92. The zero-order valence-corrected chi connectivity index (χ0v) is 15.0. The smallest absolute Gasteiger partial charge is 0.222 e. The fourth-order valence-electron chi connectivity index (χ4n) is 3.39. The summed E-state index contributed by atoms with van der Waals surface area (Å²) >= 11 is 0. The first kappa shape index (κ1) is 19.1. The van der Waals surface area contributed by atoms with Gasteiger partial charge in [-0.3, -0.25) is 9.59 Å². The molecule has 138 valence electrons. The number of methoxy groups -OCH3 is 2. The highest BCUT2D eigenvalue weighted by atomic mass is 16.5. The molecule has 7 heteroatoms. The van der Waals surface area contributed by atoms with Gasteiger partial charge in [-0.15, -0.1) is 0 Å². The number of likely N-dealkylation sites (tertiary alicyclic amines) is 1. The molecule has 1 aliphatic heterocycles. The number of carbonyl (C=O) groups excluding carboxylic acids is 2. The van der Waals surface area contributed by atoms with E-state index in [0.29, 0.717) is 31.0 Å². The largest absolute Gasteiger partial charge is 0.497 e. The number of amides is 2. The van der Waals surface area contributed by atoms with E-state index in [1.165, 1.54) is 6.92 Å². The minimum Gasteiger partial charge on any atom is -0.497 e. The lowest BCUT2D eigenvalue weighted by Crippen LogP contribution is -2.51. The van der Waals surface area contributed by atoms with Gasteiger partial charge in [-0.25, -0.2) is 0 Å². The van der Waals surface area contributed by atoms with Crippen LogP contribution in [0.1, 0.15) is 31.7 Å². The van der Waals surface area contributed by atoms with Gasteiger partial charge in [-0.2, -0.15) is 0 Å². The Morgan fingerprint density at radius 1 is 1.32 bits per heavy atom. The lowest BCUT2D eigenvalue weighted by molar-refractivity contribution is -0.137. The molecule has 1 aliphatic rings. The molecule has 25 heavy (non-hydrogen) atoms. The molecular formula is C18H26N2O5. The van der Waals surface area contributed by atoms with Crippen molar-refractivity contribution in [2.24, 2.45) is 0 Å². The van der Waals surface area contributed by atoms with Crippen molar-refractivity contribution in [1.82, 2.24) is 10.2 Å². The van der Waals surface area contributed by atoms with E-state index < -0.39 is 5.54 Å². The van der Waals surface area contributed by atoms with E-state index in [1.807, 2.05) is 6.07 Å². The topological polar surface area (TPSA) is 88.1 Å². The number of ether oxygens (including phenoxy) is 2. The molecule has 1 saturated heterocycles. The third-order valence-electron chi connectivity index (χ3n) is 4.73. The predicted octanol–water partition coefficient (Wildman–Crippen LogP) is 1.08. The summed E-state index contributed by atoms with van der Waals surface area (Å²) in [6.45, 7) is 2.13. The van der Waals surface area contributed by atoms with Gasteiger partial charge in [-0.05, 0) is 25.0 Å². The summed E-state index contributed by atoms with van der Waals surface area (Å²) in [5.74, 6) is 0.980. The number of benzene rings is 1. The highest BCUT2D eigenvalue weighted by molar-refractivity contribution is 5.80. The second-order valence-corrected chi connectivity index (χ2v) is 6.29. The molecule has 0 unspecified atom stereocenters. The zero-order chi connectivity index (χ0) is 18.4. The highest BCUT2D eigenvalue weighted by Crippen LogP contribution is 2.32. The Balaban J connectivity index is 2.02. The van der Waals surface area contributed by atoms with E-state index in [-0.39, 0.29) is 24.8 Å². The Bertz CT molecular complexity index is 634. The lowest BCUT2D eigenvalue weighted by Gasteiger charge is -2.36. The van der Waals surface area contributed by atoms with Gasteiger partial charge in [0, 0.05) is 31.6 Å². The SMILES string of the molecule is COc1ccc(CNC(=O)C[C@]2(CO)CCCN2C(C)=O)c(OC)c1. The number of aliphatic hydroxyl groups is 1. The summed E-state index contributed by atoms with van der Waals surface area (Å²) in [5, 5.41) is 12.6. The Morgan fingerprint density at radius 3 is 2.68 bits per heavy atom. The van der Waals surface area contributed by atoms with Crippen LogP contribution < -0.4 is 14.8 Å². The van der Waals surface area contributed by atoms with Crippen molar-refractivity contribution < 1.29 is 24.2 Å².